The van der Waals surface area contributed by atoms with Crippen molar-refractivity contribution in [3.05, 3.63) is 33.3 Å². The van der Waals surface area contributed by atoms with Crippen LogP contribution >= 0.6 is 27.5 Å². The number of rotatable bonds is 5. The fraction of sp³-hybridized carbons (Fsp3) is 0.500. The molecule has 0 aliphatic rings. The number of nitrogens with two attached hydrogens (primary N) is 1. The van der Waals surface area contributed by atoms with Gasteiger partial charge in [0.25, 0.3) is 0 Å². The monoisotopic (exact) mass is 305 g/mol. The molecule has 0 aliphatic heterocycles. The van der Waals surface area contributed by atoms with E-state index in [1.54, 1.807) is 0 Å². The minimum Gasteiger partial charge on any atom is -0.377 e. The first kappa shape index (κ1) is 14.0. The number of hydrogen-bond donors (Lipinski definition) is 1. The average Bonchev–Trinajstić information content (AvgIpc) is 2.22. The molecule has 2 N–H and O–H groups in total. The molecule has 0 aromatic heterocycles. The summed E-state index contributed by atoms with van der Waals surface area (Å²) in [5, 5.41) is 0.744. The molecule has 2 nitrogen and oxygen atoms in total. The van der Waals surface area contributed by atoms with Crippen molar-refractivity contribution in [2.24, 2.45) is 5.73 Å². The van der Waals surface area contributed by atoms with Gasteiger partial charge in [-0.3, -0.25) is 0 Å². The summed E-state index contributed by atoms with van der Waals surface area (Å²) in [5.41, 5.74) is 7.11. The molecule has 1 rings (SSSR count). The fourth-order valence-corrected chi connectivity index (χ4v) is 2.24. The molecular weight excluding hydrogens is 289 g/mol. The Balaban J connectivity index is 2.65. The largest absolute Gasteiger partial charge is 0.377 e. The first-order chi connectivity index (χ1) is 7.54. The van der Waals surface area contributed by atoms with Crippen LogP contribution in [-0.2, 0) is 11.2 Å². The summed E-state index contributed by atoms with van der Waals surface area (Å²) in [7, 11) is 0. The Morgan fingerprint density at radius 1 is 1.50 bits per heavy atom. The van der Waals surface area contributed by atoms with E-state index in [4.69, 9.17) is 22.1 Å². The van der Waals surface area contributed by atoms with Gasteiger partial charge in [0.2, 0.25) is 0 Å². The molecule has 2 unspecified atom stereocenters. The van der Waals surface area contributed by atoms with Crippen LogP contribution in [0.3, 0.4) is 0 Å². The molecule has 0 bridgehead atoms. The lowest BCUT2D eigenvalue weighted by Gasteiger charge is -2.20. The summed E-state index contributed by atoms with van der Waals surface area (Å²) in [5.74, 6) is 0. The molecule has 0 aliphatic carbocycles. The topological polar surface area (TPSA) is 35.2 Å². The highest BCUT2D eigenvalue weighted by atomic mass is 79.9. The Hall–Kier alpha value is -0.0900. The van der Waals surface area contributed by atoms with E-state index < -0.39 is 0 Å². The smallest absolute Gasteiger partial charge is 0.0700 e. The van der Waals surface area contributed by atoms with Crippen molar-refractivity contribution >= 4 is 27.5 Å². The molecule has 0 fully saturated rings. The van der Waals surface area contributed by atoms with Gasteiger partial charge in [-0.15, -0.1) is 0 Å². The van der Waals surface area contributed by atoms with Crippen LogP contribution in [-0.4, -0.2) is 18.8 Å². The number of halogens is 2. The number of benzene rings is 1. The van der Waals surface area contributed by atoms with Gasteiger partial charge in [-0.05, 0) is 38.0 Å². The third-order valence-electron chi connectivity index (χ3n) is 2.50. The van der Waals surface area contributed by atoms with Crippen molar-refractivity contribution in [1.82, 2.24) is 0 Å². The van der Waals surface area contributed by atoms with Crippen LogP contribution in [0.25, 0.3) is 0 Å². The summed E-state index contributed by atoms with van der Waals surface area (Å²) in [4.78, 5) is 0. The molecule has 0 saturated heterocycles. The molecule has 0 heterocycles. The third kappa shape index (κ3) is 4.06. The van der Waals surface area contributed by atoms with Crippen LogP contribution in [0.5, 0.6) is 0 Å². The van der Waals surface area contributed by atoms with Gasteiger partial charge in [-0.1, -0.05) is 33.6 Å². The van der Waals surface area contributed by atoms with E-state index in [1.807, 2.05) is 32.0 Å². The maximum absolute atomic E-state index is 6.13. The first-order valence-corrected chi connectivity index (χ1v) is 6.52. The Labute approximate surface area is 110 Å². The number of ether oxygens (including phenoxy) is 1. The molecule has 0 spiro atoms. The standard InChI is InChI=1S/C12H17BrClNO/c1-3-16-8(2)12(15)6-9-4-5-10(13)7-11(9)14/h4-5,7-8,12H,3,6,15H2,1-2H3. The zero-order chi connectivity index (χ0) is 12.1. The van der Waals surface area contributed by atoms with Crippen molar-refractivity contribution in [2.75, 3.05) is 6.61 Å². The van der Waals surface area contributed by atoms with Gasteiger partial charge >= 0.3 is 0 Å². The van der Waals surface area contributed by atoms with Gasteiger partial charge in [-0.25, -0.2) is 0 Å². The second-order valence-electron chi connectivity index (χ2n) is 3.76. The van der Waals surface area contributed by atoms with Gasteiger partial charge in [0.1, 0.15) is 0 Å². The van der Waals surface area contributed by atoms with Crippen molar-refractivity contribution in [2.45, 2.75) is 32.4 Å². The second kappa shape index (κ2) is 6.60. The van der Waals surface area contributed by atoms with Crippen LogP contribution < -0.4 is 5.73 Å². The van der Waals surface area contributed by atoms with Crippen LogP contribution in [0, 0.1) is 0 Å². The highest BCUT2D eigenvalue weighted by Crippen LogP contribution is 2.22. The lowest BCUT2D eigenvalue weighted by molar-refractivity contribution is 0.0577. The quantitative estimate of drug-likeness (QED) is 0.905. The van der Waals surface area contributed by atoms with Crippen LogP contribution in [0.1, 0.15) is 19.4 Å². The minimum atomic E-state index is -0.0291. The third-order valence-corrected chi connectivity index (χ3v) is 3.35. The van der Waals surface area contributed by atoms with Gasteiger partial charge in [-0.2, -0.15) is 0 Å². The van der Waals surface area contributed by atoms with Crippen molar-refractivity contribution < 1.29 is 4.74 Å². The molecule has 0 radical (unpaired) electrons. The van der Waals surface area contributed by atoms with E-state index in [2.05, 4.69) is 15.9 Å². The molecular formula is C12H17BrClNO. The van der Waals surface area contributed by atoms with Crippen molar-refractivity contribution in [1.29, 1.82) is 0 Å². The van der Waals surface area contributed by atoms with E-state index in [9.17, 15) is 0 Å². The molecule has 1 aromatic rings. The Bertz CT molecular complexity index is 346. The van der Waals surface area contributed by atoms with E-state index >= 15 is 0 Å². The molecule has 16 heavy (non-hydrogen) atoms. The zero-order valence-corrected chi connectivity index (χ0v) is 11.9. The van der Waals surface area contributed by atoms with E-state index in [0.29, 0.717) is 6.61 Å². The molecule has 4 heteroatoms. The van der Waals surface area contributed by atoms with Gasteiger partial charge < -0.3 is 10.5 Å². The fourth-order valence-electron chi connectivity index (χ4n) is 1.49. The van der Waals surface area contributed by atoms with Crippen molar-refractivity contribution in [3.8, 4) is 0 Å². The Morgan fingerprint density at radius 2 is 2.19 bits per heavy atom. The van der Waals surface area contributed by atoms with Crippen LogP contribution in [0.15, 0.2) is 22.7 Å². The summed E-state index contributed by atoms with van der Waals surface area (Å²) in [6, 6.07) is 5.82. The van der Waals surface area contributed by atoms with Gasteiger partial charge in [0.05, 0.1) is 6.10 Å². The molecule has 2 atom stereocenters. The molecule has 0 amide bonds. The Kier molecular flexibility index (Phi) is 5.76. The van der Waals surface area contributed by atoms with E-state index in [0.717, 1.165) is 21.5 Å². The predicted octanol–water partition coefficient (Wildman–Crippen LogP) is 3.40. The van der Waals surface area contributed by atoms with Gasteiger partial charge in [0.15, 0.2) is 0 Å². The van der Waals surface area contributed by atoms with Crippen LogP contribution in [0.2, 0.25) is 5.02 Å². The molecule has 0 saturated carbocycles. The van der Waals surface area contributed by atoms with Crippen molar-refractivity contribution in [3.63, 3.8) is 0 Å². The van der Waals surface area contributed by atoms with Gasteiger partial charge in [0, 0.05) is 22.1 Å². The molecule has 1 aromatic carbocycles. The second-order valence-corrected chi connectivity index (χ2v) is 5.09. The summed E-state index contributed by atoms with van der Waals surface area (Å²) < 4.78 is 6.44. The SMILES string of the molecule is CCOC(C)C(N)Cc1ccc(Br)cc1Cl. The normalized spacial score (nSPS) is 14.8. The maximum Gasteiger partial charge on any atom is 0.0700 e. The minimum absolute atomic E-state index is 0.0291. The summed E-state index contributed by atoms with van der Waals surface area (Å²) in [6.45, 7) is 4.64. The molecule has 90 valence electrons. The zero-order valence-electron chi connectivity index (χ0n) is 9.54. The number of hydrogen-bond acceptors (Lipinski definition) is 2. The average molecular weight is 307 g/mol. The highest BCUT2D eigenvalue weighted by molar-refractivity contribution is 9.10. The lowest BCUT2D eigenvalue weighted by atomic mass is 10.0. The first-order valence-electron chi connectivity index (χ1n) is 5.35. The van der Waals surface area contributed by atoms with Crippen LogP contribution in [0.4, 0.5) is 0 Å². The summed E-state index contributed by atoms with van der Waals surface area (Å²) >= 11 is 9.50. The van der Waals surface area contributed by atoms with E-state index in [-0.39, 0.29) is 12.1 Å². The predicted molar refractivity (Wildman–Crippen MR) is 71.9 cm³/mol. The van der Waals surface area contributed by atoms with E-state index in [1.165, 1.54) is 0 Å². The Morgan fingerprint density at radius 3 is 2.75 bits per heavy atom. The lowest BCUT2D eigenvalue weighted by Crippen LogP contribution is -2.36. The highest BCUT2D eigenvalue weighted by Gasteiger charge is 2.14. The maximum atomic E-state index is 6.13. The summed E-state index contributed by atoms with van der Waals surface area (Å²) in [6.07, 6.45) is 0.775.